The third-order valence-corrected chi connectivity index (χ3v) is 3.74. The van der Waals surface area contributed by atoms with Gasteiger partial charge >= 0.3 is 0 Å². The Labute approximate surface area is 120 Å². The number of aliphatic imine (C=N–C) groups is 1. The van der Waals surface area contributed by atoms with Crippen molar-refractivity contribution in [3.8, 4) is 0 Å². The molecule has 102 valence electrons. The molecule has 1 aliphatic heterocycles. The summed E-state index contributed by atoms with van der Waals surface area (Å²) in [5.74, 6) is 1.93. The van der Waals surface area contributed by atoms with Crippen molar-refractivity contribution in [2.24, 2.45) is 10.9 Å². The maximum atomic E-state index is 4.77. The molecule has 2 aromatic rings. The van der Waals surface area contributed by atoms with E-state index in [1.807, 2.05) is 0 Å². The molecule has 0 aliphatic carbocycles. The molecule has 1 heterocycles. The van der Waals surface area contributed by atoms with Crippen LogP contribution in [0.3, 0.4) is 0 Å². The van der Waals surface area contributed by atoms with Gasteiger partial charge < -0.3 is 5.32 Å². The first-order valence-electron chi connectivity index (χ1n) is 7.22. The number of hydrogen-bond acceptors (Lipinski definition) is 2. The van der Waals surface area contributed by atoms with Crippen LogP contribution >= 0.6 is 0 Å². The molecule has 1 aliphatic rings. The lowest BCUT2D eigenvalue weighted by Crippen LogP contribution is -2.38. The third kappa shape index (κ3) is 2.74. The van der Waals surface area contributed by atoms with Crippen LogP contribution in [0, 0.1) is 5.92 Å². The van der Waals surface area contributed by atoms with Gasteiger partial charge in [0.05, 0.1) is 5.92 Å². The molecule has 2 heteroatoms. The van der Waals surface area contributed by atoms with E-state index in [1.165, 1.54) is 11.1 Å². The lowest BCUT2D eigenvalue weighted by Gasteiger charge is -2.27. The van der Waals surface area contributed by atoms with Crippen molar-refractivity contribution in [1.82, 2.24) is 5.32 Å². The first kappa shape index (κ1) is 12.9. The summed E-state index contributed by atoms with van der Waals surface area (Å²) in [6, 6.07) is 21.2. The highest BCUT2D eigenvalue weighted by Gasteiger charge is 2.23. The topological polar surface area (TPSA) is 24.4 Å². The lowest BCUT2D eigenvalue weighted by molar-refractivity contribution is 0.546. The van der Waals surface area contributed by atoms with Crippen LogP contribution in [0.15, 0.2) is 65.7 Å². The highest BCUT2D eigenvalue weighted by molar-refractivity contribution is 5.92. The van der Waals surface area contributed by atoms with Gasteiger partial charge in [-0.1, -0.05) is 67.6 Å². The quantitative estimate of drug-likeness (QED) is 0.902. The Morgan fingerprint density at radius 1 is 0.950 bits per heavy atom. The summed E-state index contributed by atoms with van der Waals surface area (Å²) in [5.41, 5.74) is 2.58. The van der Waals surface area contributed by atoms with Crippen molar-refractivity contribution in [3.63, 3.8) is 0 Å². The summed E-state index contributed by atoms with van der Waals surface area (Å²) in [7, 11) is 0. The Hall–Kier alpha value is -2.09. The third-order valence-electron chi connectivity index (χ3n) is 3.74. The summed E-state index contributed by atoms with van der Waals surface area (Å²) in [4.78, 5) is 4.77. The number of amidine groups is 1. The number of nitrogens with zero attached hydrogens (tertiary/aromatic N) is 1. The van der Waals surface area contributed by atoms with Gasteiger partial charge in [-0.3, -0.25) is 4.99 Å². The number of hydrogen-bond donors (Lipinski definition) is 1. The van der Waals surface area contributed by atoms with E-state index < -0.39 is 0 Å². The van der Waals surface area contributed by atoms with Crippen molar-refractivity contribution < 1.29 is 0 Å². The molecule has 0 spiro atoms. The predicted molar refractivity (Wildman–Crippen MR) is 84.2 cm³/mol. The van der Waals surface area contributed by atoms with Crippen LogP contribution in [0.2, 0.25) is 0 Å². The summed E-state index contributed by atoms with van der Waals surface area (Å²) < 4.78 is 0. The van der Waals surface area contributed by atoms with Gasteiger partial charge in [0.1, 0.15) is 5.84 Å². The van der Waals surface area contributed by atoms with Gasteiger partial charge in [0.15, 0.2) is 0 Å². The van der Waals surface area contributed by atoms with E-state index in [1.54, 1.807) is 0 Å². The number of benzene rings is 2. The summed E-state index contributed by atoms with van der Waals surface area (Å²) in [6.07, 6.45) is 0. The van der Waals surface area contributed by atoms with Gasteiger partial charge in [-0.05, 0) is 17.0 Å². The Morgan fingerprint density at radius 3 is 1.95 bits per heavy atom. The summed E-state index contributed by atoms with van der Waals surface area (Å²) >= 11 is 0. The van der Waals surface area contributed by atoms with Gasteiger partial charge in [-0.2, -0.15) is 0 Å². The van der Waals surface area contributed by atoms with Gasteiger partial charge in [-0.25, -0.2) is 0 Å². The molecular weight excluding hydrogens is 244 g/mol. The smallest absolute Gasteiger partial charge is 0.108 e. The van der Waals surface area contributed by atoms with Crippen molar-refractivity contribution >= 4 is 5.84 Å². The van der Waals surface area contributed by atoms with Crippen molar-refractivity contribution in [2.75, 3.05) is 13.1 Å². The van der Waals surface area contributed by atoms with E-state index in [0.29, 0.717) is 5.92 Å². The molecule has 0 fully saturated rings. The zero-order valence-corrected chi connectivity index (χ0v) is 11.8. The monoisotopic (exact) mass is 264 g/mol. The summed E-state index contributed by atoms with van der Waals surface area (Å²) in [5, 5.41) is 3.52. The Kier molecular flexibility index (Phi) is 3.82. The molecular formula is C18H20N2. The second-order valence-corrected chi connectivity index (χ2v) is 5.47. The average Bonchev–Trinajstić information content (AvgIpc) is 2.52. The Morgan fingerprint density at radius 2 is 1.50 bits per heavy atom. The first-order chi connectivity index (χ1) is 9.84. The van der Waals surface area contributed by atoms with E-state index >= 15 is 0 Å². The molecule has 3 rings (SSSR count). The second kappa shape index (κ2) is 5.91. The molecule has 0 saturated heterocycles. The minimum Gasteiger partial charge on any atom is -0.373 e. The van der Waals surface area contributed by atoms with E-state index in [9.17, 15) is 0 Å². The molecule has 0 radical (unpaired) electrons. The van der Waals surface area contributed by atoms with Crippen molar-refractivity contribution in [1.29, 1.82) is 0 Å². The van der Waals surface area contributed by atoms with Crippen LogP contribution < -0.4 is 5.32 Å². The van der Waals surface area contributed by atoms with Gasteiger partial charge in [0, 0.05) is 13.1 Å². The summed E-state index contributed by atoms with van der Waals surface area (Å²) in [6.45, 7) is 4.15. The highest BCUT2D eigenvalue weighted by Crippen LogP contribution is 2.26. The molecule has 2 aromatic carbocycles. The number of rotatable bonds is 3. The van der Waals surface area contributed by atoms with Crippen LogP contribution in [-0.4, -0.2) is 18.9 Å². The fraction of sp³-hybridized carbons (Fsp3) is 0.278. The standard InChI is InChI=1S/C18H20N2/c1-14-12-19-18(20-13-14)17(15-8-4-2-5-9-15)16-10-6-3-7-11-16/h2-11,14,17H,12-13H2,1H3,(H,19,20). The van der Waals surface area contributed by atoms with E-state index in [-0.39, 0.29) is 5.92 Å². The maximum absolute atomic E-state index is 4.77. The molecule has 1 unspecified atom stereocenters. The molecule has 0 bridgehead atoms. The van der Waals surface area contributed by atoms with Gasteiger partial charge in [0.2, 0.25) is 0 Å². The minimum absolute atomic E-state index is 0.213. The predicted octanol–water partition coefficient (Wildman–Crippen LogP) is 3.46. The van der Waals surface area contributed by atoms with Gasteiger partial charge in [-0.15, -0.1) is 0 Å². The number of nitrogens with one attached hydrogen (secondary N) is 1. The first-order valence-corrected chi connectivity index (χ1v) is 7.22. The van der Waals surface area contributed by atoms with Crippen LogP contribution in [0.5, 0.6) is 0 Å². The molecule has 1 N–H and O–H groups in total. The van der Waals surface area contributed by atoms with Crippen LogP contribution in [0.1, 0.15) is 24.0 Å². The van der Waals surface area contributed by atoms with Crippen molar-refractivity contribution in [3.05, 3.63) is 71.8 Å². The molecule has 0 aromatic heterocycles. The fourth-order valence-corrected chi connectivity index (χ4v) is 2.65. The zero-order valence-electron chi connectivity index (χ0n) is 11.8. The van der Waals surface area contributed by atoms with E-state index in [2.05, 4.69) is 72.9 Å². The van der Waals surface area contributed by atoms with Crippen LogP contribution in [0.25, 0.3) is 0 Å². The maximum Gasteiger partial charge on any atom is 0.108 e. The van der Waals surface area contributed by atoms with Crippen molar-refractivity contribution in [2.45, 2.75) is 12.8 Å². The molecule has 1 atom stereocenters. The average molecular weight is 264 g/mol. The Balaban J connectivity index is 2.01. The zero-order chi connectivity index (χ0) is 13.8. The normalized spacial score (nSPS) is 18.5. The lowest BCUT2D eigenvalue weighted by atomic mass is 9.89. The Bertz CT molecular complexity index is 535. The fourth-order valence-electron chi connectivity index (χ4n) is 2.65. The van der Waals surface area contributed by atoms with E-state index in [4.69, 9.17) is 4.99 Å². The van der Waals surface area contributed by atoms with Crippen LogP contribution in [-0.2, 0) is 0 Å². The largest absolute Gasteiger partial charge is 0.373 e. The molecule has 0 amide bonds. The van der Waals surface area contributed by atoms with Gasteiger partial charge in [0.25, 0.3) is 0 Å². The molecule has 20 heavy (non-hydrogen) atoms. The SMILES string of the molecule is CC1CN=C(C(c2ccccc2)c2ccccc2)NC1. The molecule has 0 saturated carbocycles. The highest BCUT2D eigenvalue weighted by atomic mass is 15.0. The van der Waals surface area contributed by atoms with Crippen LogP contribution in [0.4, 0.5) is 0 Å². The second-order valence-electron chi connectivity index (χ2n) is 5.47. The molecule has 2 nitrogen and oxygen atoms in total. The minimum atomic E-state index is 0.213. The van der Waals surface area contributed by atoms with E-state index in [0.717, 1.165) is 18.9 Å².